The molecule has 2 aromatic rings. The van der Waals surface area contributed by atoms with Crippen LogP contribution in [0.1, 0.15) is 0 Å². The standard InChI is InChI=1S/C14H11Cl2FN2O/c15-11-2-1-3-12(16)14(11)19-13(20)8-18-10-6-4-9(17)5-7-10/h1-7,18H,8H2,(H,19,20). The van der Waals surface area contributed by atoms with Gasteiger partial charge in [-0.1, -0.05) is 29.3 Å². The third kappa shape index (κ3) is 3.85. The largest absolute Gasteiger partial charge is 0.376 e. The maximum atomic E-state index is 12.7. The lowest BCUT2D eigenvalue weighted by Gasteiger charge is -2.10. The lowest BCUT2D eigenvalue weighted by molar-refractivity contribution is -0.114. The molecule has 104 valence electrons. The van der Waals surface area contributed by atoms with Gasteiger partial charge in [-0.25, -0.2) is 4.39 Å². The topological polar surface area (TPSA) is 41.1 Å². The molecule has 0 aliphatic heterocycles. The Kier molecular flexibility index (Phi) is 4.82. The van der Waals surface area contributed by atoms with Gasteiger partial charge in [-0.15, -0.1) is 0 Å². The zero-order chi connectivity index (χ0) is 14.5. The highest BCUT2D eigenvalue weighted by Gasteiger charge is 2.09. The van der Waals surface area contributed by atoms with E-state index in [0.717, 1.165) is 0 Å². The molecule has 0 saturated heterocycles. The van der Waals surface area contributed by atoms with Gasteiger partial charge in [-0.3, -0.25) is 4.79 Å². The number of hydrogen-bond donors (Lipinski definition) is 2. The third-order valence-electron chi connectivity index (χ3n) is 2.52. The zero-order valence-electron chi connectivity index (χ0n) is 10.3. The molecule has 0 aromatic heterocycles. The Hall–Kier alpha value is -1.78. The van der Waals surface area contributed by atoms with Gasteiger partial charge in [-0.05, 0) is 36.4 Å². The average molecular weight is 313 g/mol. The van der Waals surface area contributed by atoms with E-state index in [-0.39, 0.29) is 18.3 Å². The third-order valence-corrected chi connectivity index (χ3v) is 3.15. The van der Waals surface area contributed by atoms with Crippen molar-refractivity contribution in [2.24, 2.45) is 0 Å². The number of rotatable bonds is 4. The molecule has 0 aliphatic carbocycles. The van der Waals surface area contributed by atoms with Crippen molar-refractivity contribution in [1.82, 2.24) is 0 Å². The Morgan fingerprint density at radius 1 is 1.05 bits per heavy atom. The number of para-hydroxylation sites is 1. The maximum absolute atomic E-state index is 12.7. The molecule has 0 aliphatic rings. The molecule has 20 heavy (non-hydrogen) atoms. The number of hydrogen-bond acceptors (Lipinski definition) is 2. The van der Waals surface area contributed by atoms with Gasteiger partial charge in [0, 0.05) is 5.69 Å². The van der Waals surface area contributed by atoms with Crippen molar-refractivity contribution in [2.45, 2.75) is 0 Å². The molecule has 0 heterocycles. The Bertz CT molecular complexity index is 597. The van der Waals surface area contributed by atoms with Crippen LogP contribution in [0.15, 0.2) is 42.5 Å². The molecule has 0 unspecified atom stereocenters. The zero-order valence-corrected chi connectivity index (χ0v) is 11.8. The van der Waals surface area contributed by atoms with Crippen LogP contribution in [0.5, 0.6) is 0 Å². The van der Waals surface area contributed by atoms with Crippen LogP contribution in [0.4, 0.5) is 15.8 Å². The minimum atomic E-state index is -0.331. The fourth-order valence-corrected chi connectivity index (χ4v) is 2.04. The molecule has 0 bridgehead atoms. The van der Waals surface area contributed by atoms with Crippen LogP contribution in [-0.4, -0.2) is 12.5 Å². The van der Waals surface area contributed by atoms with Crippen molar-refractivity contribution in [3.63, 3.8) is 0 Å². The lowest BCUT2D eigenvalue weighted by Crippen LogP contribution is -2.22. The molecule has 6 heteroatoms. The quantitative estimate of drug-likeness (QED) is 0.889. The van der Waals surface area contributed by atoms with E-state index >= 15 is 0 Å². The van der Waals surface area contributed by atoms with Gasteiger partial charge in [0.2, 0.25) is 5.91 Å². The number of nitrogens with one attached hydrogen (secondary N) is 2. The van der Waals surface area contributed by atoms with Gasteiger partial charge in [-0.2, -0.15) is 0 Å². The summed E-state index contributed by atoms with van der Waals surface area (Å²) in [5.41, 5.74) is 1.02. The van der Waals surface area contributed by atoms with Crippen LogP contribution in [0.25, 0.3) is 0 Å². The minimum Gasteiger partial charge on any atom is -0.376 e. The molecular formula is C14H11Cl2FN2O. The smallest absolute Gasteiger partial charge is 0.243 e. The number of carbonyl (C=O) groups excluding carboxylic acids is 1. The Morgan fingerprint density at radius 3 is 2.25 bits per heavy atom. The summed E-state index contributed by atoms with van der Waals surface area (Å²) in [4.78, 5) is 11.8. The Balaban J connectivity index is 1.94. The molecule has 0 spiro atoms. The summed E-state index contributed by atoms with van der Waals surface area (Å²) in [6.07, 6.45) is 0. The highest BCUT2D eigenvalue weighted by atomic mass is 35.5. The normalized spacial score (nSPS) is 10.2. The SMILES string of the molecule is O=C(CNc1ccc(F)cc1)Nc1c(Cl)cccc1Cl. The average Bonchev–Trinajstić information content (AvgIpc) is 2.42. The predicted molar refractivity (Wildman–Crippen MR) is 80.0 cm³/mol. The summed E-state index contributed by atoms with van der Waals surface area (Å²) >= 11 is 11.9. The van der Waals surface area contributed by atoms with Crippen molar-refractivity contribution < 1.29 is 9.18 Å². The monoisotopic (exact) mass is 312 g/mol. The molecular weight excluding hydrogens is 302 g/mol. The van der Waals surface area contributed by atoms with Crippen LogP contribution in [0.2, 0.25) is 10.0 Å². The van der Waals surface area contributed by atoms with Crippen molar-refractivity contribution in [1.29, 1.82) is 0 Å². The van der Waals surface area contributed by atoms with Crippen molar-refractivity contribution >= 4 is 40.5 Å². The van der Waals surface area contributed by atoms with E-state index in [2.05, 4.69) is 10.6 Å². The highest BCUT2D eigenvalue weighted by molar-refractivity contribution is 6.39. The van der Waals surface area contributed by atoms with Crippen molar-refractivity contribution in [3.8, 4) is 0 Å². The van der Waals surface area contributed by atoms with Crippen molar-refractivity contribution in [2.75, 3.05) is 17.2 Å². The summed E-state index contributed by atoms with van der Waals surface area (Å²) in [5, 5.41) is 6.22. The van der Waals surface area contributed by atoms with E-state index in [9.17, 15) is 9.18 Å². The first-order chi connectivity index (χ1) is 9.56. The van der Waals surface area contributed by atoms with E-state index in [1.54, 1.807) is 30.3 Å². The first-order valence-electron chi connectivity index (χ1n) is 5.79. The van der Waals surface area contributed by atoms with Gasteiger partial charge in [0.1, 0.15) is 5.82 Å². The second kappa shape index (κ2) is 6.59. The Morgan fingerprint density at radius 2 is 1.65 bits per heavy atom. The fourth-order valence-electron chi connectivity index (χ4n) is 1.55. The Labute approximate surface area is 125 Å². The van der Waals surface area contributed by atoms with Crippen LogP contribution in [0.3, 0.4) is 0 Å². The summed E-state index contributed by atoms with van der Waals surface area (Å²) in [6.45, 7) is 0.0210. The molecule has 0 atom stereocenters. The number of carbonyl (C=O) groups is 1. The van der Waals surface area contributed by atoms with Crippen molar-refractivity contribution in [3.05, 3.63) is 58.3 Å². The lowest BCUT2D eigenvalue weighted by atomic mass is 10.3. The van der Waals surface area contributed by atoms with Gasteiger partial charge in [0.25, 0.3) is 0 Å². The second-order valence-corrected chi connectivity index (χ2v) is 4.82. The molecule has 2 N–H and O–H groups in total. The van der Waals surface area contributed by atoms with Gasteiger partial charge in [0.15, 0.2) is 0 Å². The summed E-state index contributed by atoms with van der Waals surface area (Å²) < 4.78 is 12.7. The maximum Gasteiger partial charge on any atom is 0.243 e. The van der Waals surface area contributed by atoms with Crippen LogP contribution in [-0.2, 0) is 4.79 Å². The molecule has 2 aromatic carbocycles. The predicted octanol–water partition coefficient (Wildman–Crippen LogP) is 4.18. The number of benzene rings is 2. The van der Waals surface area contributed by atoms with Gasteiger partial charge >= 0.3 is 0 Å². The van der Waals surface area contributed by atoms with E-state index in [1.165, 1.54) is 12.1 Å². The van der Waals surface area contributed by atoms with Crippen LogP contribution >= 0.6 is 23.2 Å². The molecule has 2 rings (SSSR count). The number of anilines is 2. The first-order valence-corrected chi connectivity index (χ1v) is 6.55. The molecule has 0 fully saturated rings. The molecule has 1 amide bonds. The van der Waals surface area contributed by atoms with E-state index in [4.69, 9.17) is 23.2 Å². The van der Waals surface area contributed by atoms with E-state index < -0.39 is 0 Å². The first kappa shape index (κ1) is 14.6. The molecule has 3 nitrogen and oxygen atoms in total. The van der Waals surface area contributed by atoms with E-state index in [0.29, 0.717) is 21.4 Å². The van der Waals surface area contributed by atoms with Crippen LogP contribution in [0, 0.1) is 5.82 Å². The van der Waals surface area contributed by atoms with E-state index in [1.807, 2.05) is 0 Å². The van der Waals surface area contributed by atoms with Gasteiger partial charge in [0.05, 0.1) is 22.3 Å². The molecule has 0 saturated carbocycles. The number of halogens is 3. The summed E-state index contributed by atoms with van der Waals surface area (Å²) in [7, 11) is 0. The highest BCUT2D eigenvalue weighted by Crippen LogP contribution is 2.29. The summed E-state index contributed by atoms with van der Waals surface area (Å²) in [6, 6.07) is 10.7. The summed E-state index contributed by atoms with van der Waals surface area (Å²) in [5.74, 6) is -0.632. The fraction of sp³-hybridized carbons (Fsp3) is 0.0714. The molecule has 0 radical (unpaired) electrons. The second-order valence-electron chi connectivity index (χ2n) is 4.01. The number of amides is 1. The van der Waals surface area contributed by atoms with Gasteiger partial charge < -0.3 is 10.6 Å². The van der Waals surface area contributed by atoms with Crippen LogP contribution < -0.4 is 10.6 Å². The minimum absolute atomic E-state index is 0.0210.